The molecule has 0 aromatic heterocycles. The van der Waals surface area contributed by atoms with Gasteiger partial charge >= 0.3 is 11.8 Å². The molecule has 2 saturated carbocycles. The van der Waals surface area contributed by atoms with Crippen LogP contribution < -0.4 is 16.4 Å². The van der Waals surface area contributed by atoms with E-state index in [4.69, 9.17) is 5.73 Å². The van der Waals surface area contributed by atoms with E-state index in [1.165, 1.54) is 25.7 Å². The third-order valence-electron chi connectivity index (χ3n) is 4.42. The zero-order chi connectivity index (χ0) is 14.0. The fourth-order valence-electron chi connectivity index (χ4n) is 3.53. The van der Waals surface area contributed by atoms with E-state index in [9.17, 15) is 9.59 Å². The van der Waals surface area contributed by atoms with E-state index in [1.54, 1.807) is 0 Å². The van der Waals surface area contributed by atoms with Gasteiger partial charge in [0.25, 0.3) is 0 Å². The highest BCUT2D eigenvalue weighted by Crippen LogP contribution is 2.49. The first kappa shape index (κ1) is 14.2. The molecule has 4 unspecified atom stereocenters. The molecule has 4 N–H and O–H groups in total. The van der Waals surface area contributed by atoms with Gasteiger partial charge in [-0.2, -0.15) is 0 Å². The number of carbonyl (C=O) groups excluding carboxylic acids is 2. The third kappa shape index (κ3) is 3.43. The summed E-state index contributed by atoms with van der Waals surface area (Å²) in [6, 6.07) is 0.0541. The van der Waals surface area contributed by atoms with E-state index >= 15 is 0 Å². The predicted octanol–water partition coefficient (Wildman–Crippen LogP) is 0.330. The Hall–Kier alpha value is -1.17. The summed E-state index contributed by atoms with van der Waals surface area (Å²) in [5, 5.41) is 5.19. The summed E-state index contributed by atoms with van der Waals surface area (Å²) in [6.07, 6.45) is 5.07. The molecule has 0 aliphatic heterocycles. The van der Waals surface area contributed by atoms with E-state index in [2.05, 4.69) is 22.9 Å². The van der Waals surface area contributed by atoms with Crippen LogP contribution in [0.25, 0.3) is 0 Å². The molecule has 2 rings (SSSR count). The molecule has 2 amide bonds. The molecule has 19 heavy (non-hydrogen) atoms. The molecule has 0 saturated heterocycles. The van der Waals surface area contributed by atoms with Crippen LogP contribution in [-0.2, 0) is 9.59 Å². The van der Waals surface area contributed by atoms with Crippen LogP contribution in [0.15, 0.2) is 0 Å². The molecule has 5 nitrogen and oxygen atoms in total. The summed E-state index contributed by atoms with van der Waals surface area (Å²) in [5.41, 5.74) is 5.27. The standard InChI is InChI=1S/C13H21N3O2S/c1-7(10-5-8-2-3-9(10)4-8)16-13(18)12(17)15-6-11(14)19/h7-10H,2-6H2,1H3,(H2,14,19)(H,15,17)(H,16,18). The zero-order valence-electron chi connectivity index (χ0n) is 11.1. The number of amides is 2. The molecule has 0 heterocycles. The van der Waals surface area contributed by atoms with Crippen LogP contribution in [0.1, 0.15) is 32.6 Å². The lowest BCUT2D eigenvalue weighted by molar-refractivity contribution is -0.139. The predicted molar refractivity (Wildman–Crippen MR) is 76.3 cm³/mol. The Labute approximate surface area is 118 Å². The molecule has 0 aromatic rings. The van der Waals surface area contributed by atoms with Gasteiger partial charge in [0.1, 0.15) is 0 Å². The maximum absolute atomic E-state index is 11.7. The Morgan fingerprint density at radius 2 is 2.05 bits per heavy atom. The minimum Gasteiger partial charge on any atom is -0.392 e. The molecule has 2 fully saturated rings. The smallest absolute Gasteiger partial charge is 0.309 e. The second kappa shape index (κ2) is 5.86. The van der Waals surface area contributed by atoms with Crippen molar-refractivity contribution >= 4 is 29.0 Å². The van der Waals surface area contributed by atoms with Gasteiger partial charge in [-0.05, 0) is 43.9 Å². The quantitative estimate of drug-likeness (QED) is 0.513. The molecule has 2 bridgehead atoms. The normalized spacial score (nSPS) is 29.8. The number of thiocarbonyl (C=S) groups is 1. The Morgan fingerprint density at radius 3 is 2.58 bits per heavy atom. The summed E-state index contributed by atoms with van der Waals surface area (Å²) < 4.78 is 0. The van der Waals surface area contributed by atoms with Gasteiger partial charge in [-0.15, -0.1) is 0 Å². The largest absolute Gasteiger partial charge is 0.392 e. The number of nitrogens with two attached hydrogens (primary N) is 1. The van der Waals surface area contributed by atoms with Crippen LogP contribution >= 0.6 is 12.2 Å². The molecule has 2 aliphatic rings. The molecule has 0 spiro atoms. The zero-order valence-corrected chi connectivity index (χ0v) is 12.0. The first-order valence-electron chi connectivity index (χ1n) is 6.84. The van der Waals surface area contributed by atoms with Gasteiger partial charge in [-0.1, -0.05) is 18.6 Å². The van der Waals surface area contributed by atoms with Crippen molar-refractivity contribution < 1.29 is 9.59 Å². The van der Waals surface area contributed by atoms with Crippen LogP contribution in [0, 0.1) is 17.8 Å². The topological polar surface area (TPSA) is 84.2 Å². The number of nitrogens with one attached hydrogen (secondary N) is 2. The first-order chi connectivity index (χ1) is 8.97. The lowest BCUT2D eigenvalue weighted by Crippen LogP contribution is -2.48. The summed E-state index contributed by atoms with van der Waals surface area (Å²) in [5.74, 6) is 0.818. The molecular formula is C13H21N3O2S. The second-order valence-corrected chi connectivity index (χ2v) is 6.27. The van der Waals surface area contributed by atoms with E-state index in [0.717, 1.165) is 11.8 Å². The lowest BCUT2D eigenvalue weighted by Gasteiger charge is -2.28. The van der Waals surface area contributed by atoms with Crippen molar-refractivity contribution in [2.75, 3.05) is 6.54 Å². The van der Waals surface area contributed by atoms with E-state index in [0.29, 0.717) is 5.92 Å². The van der Waals surface area contributed by atoms with Crippen molar-refractivity contribution in [1.82, 2.24) is 10.6 Å². The SMILES string of the molecule is CC(NC(=O)C(=O)NCC(N)=S)C1CC2CCC1C2. The number of hydrogen-bond donors (Lipinski definition) is 3. The van der Waals surface area contributed by atoms with Crippen molar-refractivity contribution in [2.24, 2.45) is 23.5 Å². The van der Waals surface area contributed by atoms with Gasteiger partial charge in [-0.3, -0.25) is 9.59 Å². The average Bonchev–Trinajstić information content (AvgIpc) is 2.97. The molecule has 2 aliphatic carbocycles. The van der Waals surface area contributed by atoms with E-state index in [-0.39, 0.29) is 17.6 Å². The molecule has 6 heteroatoms. The Morgan fingerprint density at radius 1 is 1.32 bits per heavy atom. The fraction of sp³-hybridized carbons (Fsp3) is 0.769. The third-order valence-corrected chi connectivity index (χ3v) is 4.57. The van der Waals surface area contributed by atoms with Gasteiger partial charge in [0.2, 0.25) is 0 Å². The number of fused-ring (bicyclic) bond motifs is 2. The highest BCUT2D eigenvalue weighted by atomic mass is 32.1. The van der Waals surface area contributed by atoms with Gasteiger partial charge in [0, 0.05) is 6.04 Å². The highest BCUT2D eigenvalue weighted by molar-refractivity contribution is 7.80. The minimum absolute atomic E-state index is 0.0541. The maximum Gasteiger partial charge on any atom is 0.309 e. The van der Waals surface area contributed by atoms with Crippen molar-refractivity contribution in [3.8, 4) is 0 Å². The van der Waals surface area contributed by atoms with Crippen LogP contribution in [0.2, 0.25) is 0 Å². The van der Waals surface area contributed by atoms with Crippen LogP contribution in [-0.4, -0.2) is 29.4 Å². The van der Waals surface area contributed by atoms with Gasteiger partial charge in [0.05, 0.1) is 11.5 Å². The second-order valence-electron chi connectivity index (χ2n) is 5.75. The van der Waals surface area contributed by atoms with Crippen molar-refractivity contribution in [2.45, 2.75) is 38.6 Å². The van der Waals surface area contributed by atoms with E-state index in [1.807, 2.05) is 6.92 Å². The van der Waals surface area contributed by atoms with Crippen LogP contribution in [0.3, 0.4) is 0 Å². The molecule has 0 radical (unpaired) electrons. The number of rotatable bonds is 4. The average molecular weight is 283 g/mol. The van der Waals surface area contributed by atoms with E-state index < -0.39 is 11.8 Å². The first-order valence-corrected chi connectivity index (χ1v) is 7.25. The van der Waals surface area contributed by atoms with Crippen LogP contribution in [0.4, 0.5) is 0 Å². The van der Waals surface area contributed by atoms with Gasteiger partial charge < -0.3 is 16.4 Å². The summed E-state index contributed by atoms with van der Waals surface area (Å²) in [6.45, 7) is 2.05. The lowest BCUT2D eigenvalue weighted by atomic mass is 9.84. The summed E-state index contributed by atoms with van der Waals surface area (Å²) >= 11 is 4.64. The minimum atomic E-state index is -0.664. The Bertz CT molecular complexity index is 399. The fourth-order valence-corrected chi connectivity index (χ4v) is 3.61. The van der Waals surface area contributed by atoms with Gasteiger partial charge in [0.15, 0.2) is 0 Å². The summed E-state index contributed by atoms with van der Waals surface area (Å²) in [7, 11) is 0. The molecular weight excluding hydrogens is 262 g/mol. The van der Waals surface area contributed by atoms with Crippen LogP contribution in [0.5, 0.6) is 0 Å². The summed E-state index contributed by atoms with van der Waals surface area (Å²) in [4.78, 5) is 23.4. The molecule has 0 aromatic carbocycles. The highest BCUT2D eigenvalue weighted by Gasteiger charge is 2.42. The van der Waals surface area contributed by atoms with Crippen molar-refractivity contribution in [3.63, 3.8) is 0 Å². The number of hydrogen-bond acceptors (Lipinski definition) is 3. The Kier molecular flexibility index (Phi) is 4.39. The molecule has 4 atom stereocenters. The molecule has 106 valence electrons. The number of carbonyl (C=O) groups is 2. The maximum atomic E-state index is 11.7. The van der Waals surface area contributed by atoms with Crippen molar-refractivity contribution in [3.05, 3.63) is 0 Å². The Balaban J connectivity index is 1.78. The van der Waals surface area contributed by atoms with Gasteiger partial charge in [-0.25, -0.2) is 0 Å². The monoisotopic (exact) mass is 283 g/mol. The van der Waals surface area contributed by atoms with Crippen molar-refractivity contribution in [1.29, 1.82) is 0 Å².